The third kappa shape index (κ3) is 4.91. The van der Waals surface area contributed by atoms with E-state index in [1.807, 2.05) is 73.7 Å². The van der Waals surface area contributed by atoms with Crippen LogP contribution in [-0.2, 0) is 4.79 Å². The van der Waals surface area contributed by atoms with Crippen molar-refractivity contribution >= 4 is 27.8 Å². The van der Waals surface area contributed by atoms with Gasteiger partial charge in [0.05, 0.1) is 18.1 Å². The van der Waals surface area contributed by atoms with Gasteiger partial charge < -0.3 is 14.5 Å². The highest BCUT2D eigenvalue weighted by atomic mass is 16.6. The van der Waals surface area contributed by atoms with Gasteiger partial charge in [0.15, 0.2) is 11.3 Å². The summed E-state index contributed by atoms with van der Waals surface area (Å²) < 4.78 is 12.6. The van der Waals surface area contributed by atoms with Gasteiger partial charge in [0, 0.05) is 22.1 Å². The number of fused-ring (bicyclic) bond motifs is 3. The van der Waals surface area contributed by atoms with Gasteiger partial charge >= 0.3 is 0 Å². The van der Waals surface area contributed by atoms with E-state index in [-0.39, 0.29) is 35.9 Å². The molecule has 1 aromatic heterocycles. The van der Waals surface area contributed by atoms with E-state index in [2.05, 4.69) is 5.32 Å². The molecule has 1 aliphatic carbocycles. The number of nitro groups is 1. The van der Waals surface area contributed by atoms with Crippen molar-refractivity contribution in [3.8, 4) is 5.75 Å². The lowest BCUT2D eigenvalue weighted by molar-refractivity contribution is -0.480. The minimum atomic E-state index is -0.717. The quantitative estimate of drug-likeness (QED) is 0.214. The van der Waals surface area contributed by atoms with Crippen LogP contribution in [0.2, 0.25) is 0 Å². The molecule has 0 spiro atoms. The van der Waals surface area contributed by atoms with Crippen molar-refractivity contribution in [2.24, 2.45) is 0 Å². The maximum absolute atomic E-state index is 13.6. The predicted octanol–water partition coefficient (Wildman–Crippen LogP) is 6.54. The number of amides is 1. The number of carbonyl (C=O) groups excluding carboxylic acids is 1. The molecule has 7 heteroatoms. The number of para-hydroxylation sites is 1. The average Bonchev–Trinajstić information content (AvgIpc) is 3.53. The maximum Gasteiger partial charge on any atom is 0.228 e. The summed E-state index contributed by atoms with van der Waals surface area (Å²) in [5.74, 6) is -0.308. The molecule has 1 aliphatic rings. The monoisotopic (exact) mass is 486 g/mol. The molecule has 2 atom stereocenters. The Morgan fingerprint density at radius 3 is 2.56 bits per heavy atom. The second kappa shape index (κ2) is 10.4. The van der Waals surface area contributed by atoms with E-state index >= 15 is 0 Å². The standard InChI is InChI=1S/C29H30N2O5/c1-19(20-9-3-2-4-10-20)30-29(32)23(17-18-31(33)34)22-15-16-26(35-21-11-5-6-12-21)28-27(22)24-13-7-8-14-25(24)36-28/h2-4,7-10,13-16,19,21,23H,5-6,11-12,17-18H2,1H3,(H,30,32). The molecule has 2 unspecified atom stereocenters. The van der Waals surface area contributed by atoms with E-state index in [0.29, 0.717) is 22.5 Å². The van der Waals surface area contributed by atoms with Crippen molar-refractivity contribution in [1.29, 1.82) is 0 Å². The van der Waals surface area contributed by atoms with Crippen LogP contribution in [0, 0.1) is 10.1 Å². The topological polar surface area (TPSA) is 94.6 Å². The summed E-state index contributed by atoms with van der Waals surface area (Å²) >= 11 is 0. The highest BCUT2D eigenvalue weighted by molar-refractivity contribution is 6.10. The number of furan rings is 1. The van der Waals surface area contributed by atoms with E-state index < -0.39 is 5.92 Å². The van der Waals surface area contributed by atoms with E-state index in [9.17, 15) is 14.9 Å². The van der Waals surface area contributed by atoms with Gasteiger partial charge in [0.1, 0.15) is 5.58 Å². The lowest BCUT2D eigenvalue weighted by Crippen LogP contribution is -2.32. The molecule has 0 aliphatic heterocycles. The van der Waals surface area contributed by atoms with Gasteiger partial charge in [-0.3, -0.25) is 14.9 Å². The lowest BCUT2D eigenvalue weighted by atomic mass is 9.90. The van der Waals surface area contributed by atoms with Crippen LogP contribution in [0.1, 0.15) is 62.1 Å². The molecule has 4 aromatic rings. The van der Waals surface area contributed by atoms with Crippen LogP contribution in [0.15, 0.2) is 71.1 Å². The SMILES string of the molecule is CC(NC(=O)C(CC[N+](=O)[O-])c1ccc(OC2CCCC2)c2oc3ccccc3c12)c1ccccc1. The van der Waals surface area contributed by atoms with Crippen molar-refractivity contribution in [2.75, 3.05) is 6.54 Å². The molecule has 5 rings (SSSR count). The van der Waals surface area contributed by atoms with Crippen molar-refractivity contribution in [3.63, 3.8) is 0 Å². The van der Waals surface area contributed by atoms with E-state index in [0.717, 1.165) is 42.0 Å². The Hall–Kier alpha value is -3.87. The van der Waals surface area contributed by atoms with Gasteiger partial charge in [-0.2, -0.15) is 0 Å². The van der Waals surface area contributed by atoms with Crippen LogP contribution < -0.4 is 10.1 Å². The Kier molecular flexibility index (Phi) is 6.89. The zero-order valence-corrected chi connectivity index (χ0v) is 20.3. The number of hydrogen-bond acceptors (Lipinski definition) is 5. The number of hydrogen-bond donors (Lipinski definition) is 1. The number of carbonyl (C=O) groups is 1. The number of nitrogens with zero attached hydrogens (tertiary/aromatic N) is 1. The van der Waals surface area contributed by atoms with Gasteiger partial charge in [-0.25, -0.2) is 0 Å². The summed E-state index contributed by atoms with van der Waals surface area (Å²) in [6.07, 6.45) is 4.54. The number of benzene rings is 3. The normalized spacial score (nSPS) is 15.7. The highest BCUT2D eigenvalue weighted by Crippen LogP contribution is 2.41. The van der Waals surface area contributed by atoms with Crippen molar-refractivity contribution < 1.29 is 18.9 Å². The molecule has 0 bridgehead atoms. The molecule has 3 aromatic carbocycles. The molecule has 0 radical (unpaired) electrons. The number of rotatable bonds is 9. The van der Waals surface area contributed by atoms with Crippen molar-refractivity contribution in [1.82, 2.24) is 5.32 Å². The first-order valence-corrected chi connectivity index (χ1v) is 12.6. The Morgan fingerprint density at radius 1 is 1.08 bits per heavy atom. The van der Waals surface area contributed by atoms with E-state index in [4.69, 9.17) is 9.15 Å². The van der Waals surface area contributed by atoms with Crippen LogP contribution in [-0.4, -0.2) is 23.5 Å². The van der Waals surface area contributed by atoms with Gasteiger partial charge in [-0.05, 0) is 55.9 Å². The smallest absolute Gasteiger partial charge is 0.228 e. The van der Waals surface area contributed by atoms with Crippen LogP contribution in [0.3, 0.4) is 0 Å². The fourth-order valence-electron chi connectivity index (χ4n) is 5.20. The number of ether oxygens (including phenoxy) is 1. The Morgan fingerprint density at radius 2 is 1.81 bits per heavy atom. The van der Waals surface area contributed by atoms with Crippen LogP contribution >= 0.6 is 0 Å². The first-order chi connectivity index (χ1) is 17.5. The van der Waals surface area contributed by atoms with Gasteiger partial charge in [0.2, 0.25) is 12.5 Å². The molecule has 1 heterocycles. The maximum atomic E-state index is 13.6. The van der Waals surface area contributed by atoms with Crippen LogP contribution in [0.5, 0.6) is 5.75 Å². The van der Waals surface area contributed by atoms with E-state index in [1.165, 1.54) is 0 Å². The fourth-order valence-corrected chi connectivity index (χ4v) is 5.20. The third-order valence-corrected chi connectivity index (χ3v) is 7.07. The first-order valence-electron chi connectivity index (χ1n) is 12.6. The molecule has 1 saturated carbocycles. The summed E-state index contributed by atoms with van der Waals surface area (Å²) in [5, 5.41) is 16.0. The summed E-state index contributed by atoms with van der Waals surface area (Å²) in [5.41, 5.74) is 2.98. The predicted molar refractivity (Wildman–Crippen MR) is 139 cm³/mol. The molecule has 1 amide bonds. The summed E-state index contributed by atoms with van der Waals surface area (Å²) in [6.45, 7) is 1.61. The lowest BCUT2D eigenvalue weighted by Gasteiger charge is -2.21. The Balaban J connectivity index is 1.57. The number of nitrogens with one attached hydrogen (secondary N) is 1. The molecule has 0 saturated heterocycles. The van der Waals surface area contributed by atoms with Crippen LogP contribution in [0.25, 0.3) is 21.9 Å². The summed E-state index contributed by atoms with van der Waals surface area (Å²) in [4.78, 5) is 24.5. The zero-order chi connectivity index (χ0) is 25.1. The third-order valence-electron chi connectivity index (χ3n) is 7.07. The first kappa shape index (κ1) is 23.9. The Bertz CT molecular complexity index is 1370. The summed E-state index contributed by atoms with van der Waals surface area (Å²) in [6, 6.07) is 20.8. The van der Waals surface area contributed by atoms with E-state index in [1.54, 1.807) is 0 Å². The molecule has 186 valence electrons. The van der Waals surface area contributed by atoms with Gasteiger partial charge in [-0.1, -0.05) is 54.6 Å². The average molecular weight is 487 g/mol. The molecular weight excluding hydrogens is 456 g/mol. The second-order valence-corrected chi connectivity index (χ2v) is 9.52. The Labute approximate surface area is 209 Å². The summed E-state index contributed by atoms with van der Waals surface area (Å²) in [7, 11) is 0. The highest BCUT2D eigenvalue weighted by Gasteiger charge is 2.29. The molecule has 7 nitrogen and oxygen atoms in total. The minimum absolute atomic E-state index is 0.0811. The molecular formula is C29H30N2O5. The second-order valence-electron chi connectivity index (χ2n) is 9.52. The minimum Gasteiger partial charge on any atom is -0.486 e. The zero-order valence-electron chi connectivity index (χ0n) is 20.3. The van der Waals surface area contributed by atoms with Crippen molar-refractivity contribution in [3.05, 3.63) is 88.0 Å². The molecule has 1 fully saturated rings. The van der Waals surface area contributed by atoms with Gasteiger partial charge in [0.25, 0.3) is 0 Å². The molecule has 36 heavy (non-hydrogen) atoms. The van der Waals surface area contributed by atoms with Crippen LogP contribution in [0.4, 0.5) is 0 Å². The largest absolute Gasteiger partial charge is 0.486 e. The fraction of sp³-hybridized carbons (Fsp3) is 0.345. The van der Waals surface area contributed by atoms with Crippen molar-refractivity contribution in [2.45, 2.75) is 57.1 Å². The molecule has 1 N–H and O–H groups in total. The van der Waals surface area contributed by atoms with Gasteiger partial charge in [-0.15, -0.1) is 0 Å².